The van der Waals surface area contributed by atoms with Crippen LogP contribution in [0.25, 0.3) is 0 Å². The van der Waals surface area contributed by atoms with E-state index >= 15 is 0 Å². The molecule has 0 atom stereocenters. The number of hydrogen-bond acceptors (Lipinski definition) is 9. The molecule has 0 heterocycles. The van der Waals surface area contributed by atoms with Crippen molar-refractivity contribution in [3.8, 4) is 6.07 Å². The molecule has 0 aromatic heterocycles. The number of carboxylic acids is 1. The van der Waals surface area contributed by atoms with E-state index < -0.39 is 11.9 Å². The van der Waals surface area contributed by atoms with Crippen molar-refractivity contribution in [3.05, 3.63) is 234 Å². The van der Waals surface area contributed by atoms with Gasteiger partial charge in [-0.15, -0.1) is 24.3 Å². The second-order valence-electron chi connectivity index (χ2n) is 19.8. The molecule has 0 spiro atoms. The molecule has 17 heteroatoms. The number of allylic oxidation sites excluding steroid dienone is 10. The Morgan fingerprint density at radius 1 is 0.433 bits per heavy atom. The topological polar surface area (TPSA) is 276 Å². The fraction of sp³-hybridized carbons (Fsp3) is 0.400. The van der Waals surface area contributed by atoms with Crippen molar-refractivity contribution in [2.24, 2.45) is 11.5 Å². The van der Waals surface area contributed by atoms with Crippen LogP contribution in [0.3, 0.4) is 0 Å². The number of nitrogens with zero attached hydrogens (tertiary/aromatic N) is 1. The van der Waals surface area contributed by atoms with Crippen molar-refractivity contribution in [2.75, 3.05) is 7.05 Å². The van der Waals surface area contributed by atoms with Crippen LogP contribution in [0, 0.1) is 58.9 Å². The van der Waals surface area contributed by atoms with Gasteiger partial charge in [-0.05, 0) is 170 Å². The molecule has 10 rings (SSSR count). The number of carbonyl (C=O) groups excluding carboxylic acids is 6. The van der Waals surface area contributed by atoms with Gasteiger partial charge in [0.1, 0.15) is 0 Å². The quantitative estimate of drug-likeness (QED) is 0.0579. The van der Waals surface area contributed by atoms with Crippen molar-refractivity contribution >= 4 is 41.4 Å². The largest absolute Gasteiger partial charge is 0.478 e. The van der Waals surface area contributed by atoms with Crippen LogP contribution in [0.1, 0.15) is 287 Å². The minimum Gasteiger partial charge on any atom is -0.478 e. The fourth-order valence-electron chi connectivity index (χ4n) is 7.56. The van der Waals surface area contributed by atoms with E-state index in [1.54, 1.807) is 62.5 Å². The molecule has 5 aliphatic carbocycles. The van der Waals surface area contributed by atoms with Crippen molar-refractivity contribution in [2.45, 2.75) is 217 Å². The average molecular weight is 1420 g/mol. The molecular formula is C80H131N8O8Y-. The Balaban J connectivity index is -0.0000000882. The number of nitrogens with one attached hydrogen (secondary N) is 5. The first kappa shape index (κ1) is 116. The third kappa shape index (κ3) is 37.0. The Morgan fingerprint density at radius 3 is 1.06 bits per heavy atom. The van der Waals surface area contributed by atoms with Crippen LogP contribution in [0.15, 0.2) is 150 Å². The summed E-state index contributed by atoms with van der Waals surface area (Å²) in [5.74, 6) is -2.11. The molecule has 0 bridgehead atoms. The Hall–Kier alpha value is -8.52. The molecule has 5 aromatic rings. The van der Waals surface area contributed by atoms with Gasteiger partial charge in [-0.1, -0.05) is 195 Å². The number of carbonyl (C=O) groups is 7. The molecule has 16 nitrogen and oxygen atoms in total. The first-order valence-electron chi connectivity index (χ1n) is 26.6. The average Bonchev–Trinajstić information content (AvgIpc) is 0.879. The summed E-state index contributed by atoms with van der Waals surface area (Å²) < 4.78 is 0. The van der Waals surface area contributed by atoms with Crippen molar-refractivity contribution in [1.29, 1.82) is 5.26 Å². The second-order valence-corrected chi connectivity index (χ2v) is 19.8. The van der Waals surface area contributed by atoms with Gasteiger partial charge in [0.25, 0.3) is 17.7 Å². The van der Waals surface area contributed by atoms with Crippen molar-refractivity contribution in [3.63, 3.8) is 0 Å². The molecule has 0 saturated heterocycles. The number of hydrogen-bond donors (Lipinski definition) is 8. The predicted molar refractivity (Wildman–Crippen MR) is 415 cm³/mol. The molecule has 6 amide bonds. The number of rotatable bonds is 11. The minimum absolute atomic E-state index is 0. The van der Waals surface area contributed by atoms with E-state index in [-0.39, 0.29) is 174 Å². The van der Waals surface area contributed by atoms with E-state index in [2.05, 4.69) is 38.7 Å². The first-order valence-corrected chi connectivity index (χ1v) is 26.6. The molecule has 0 fully saturated rings. The SMILES string of the molecule is C.C.C.C.C.C.C.C.C.C.C.C.C.C.C.CNC(=O)c1cc[c-]c(C(=O)NC2=CCC2)c1.Cc1ccc(C#N)cc1C(=O)NC1=CCC1.Cc1ccc(C(N)=O)cc1C(=O)NC1=CCC1.Cc1ccc(C)c(C(=O)NC2=CCC2)c1.Cc1ccc(C)c(C(=O)O)c1.NC1=CCC1.[Y]. The van der Waals surface area contributed by atoms with Gasteiger partial charge in [-0.2, -0.15) is 5.26 Å². The predicted octanol–water partition coefficient (Wildman–Crippen LogP) is 19.9. The van der Waals surface area contributed by atoms with Crippen LogP contribution in [-0.2, 0) is 32.7 Å². The number of benzene rings is 5. The smallest absolute Gasteiger partial charge is 0.335 e. The summed E-state index contributed by atoms with van der Waals surface area (Å²) in [4.78, 5) is 80.5. The number of nitriles is 1. The maximum atomic E-state index is 11.9. The van der Waals surface area contributed by atoms with Gasteiger partial charge in [0, 0.05) is 90.5 Å². The molecule has 543 valence electrons. The summed E-state index contributed by atoms with van der Waals surface area (Å²) in [7, 11) is 1.55. The van der Waals surface area contributed by atoms with Crippen LogP contribution in [0.4, 0.5) is 0 Å². The maximum Gasteiger partial charge on any atom is 0.335 e. The molecule has 97 heavy (non-hydrogen) atoms. The first-order chi connectivity index (χ1) is 38.6. The zero-order valence-corrected chi connectivity index (χ0v) is 50.4. The normalized spacial score (nSPS) is 11.3. The van der Waals surface area contributed by atoms with Gasteiger partial charge in [-0.3, -0.25) is 24.0 Å². The Labute approximate surface area is 616 Å². The molecule has 5 aromatic carbocycles. The van der Waals surface area contributed by atoms with E-state index in [0.717, 1.165) is 125 Å². The third-order valence-corrected chi connectivity index (χ3v) is 13.3. The van der Waals surface area contributed by atoms with Crippen LogP contribution >= 0.6 is 0 Å². The maximum absolute atomic E-state index is 11.9. The van der Waals surface area contributed by atoms with Crippen LogP contribution < -0.4 is 38.1 Å². The second kappa shape index (κ2) is 57.7. The van der Waals surface area contributed by atoms with Gasteiger partial charge in [0.05, 0.1) is 17.2 Å². The van der Waals surface area contributed by atoms with Gasteiger partial charge in [-0.25, -0.2) is 4.79 Å². The summed E-state index contributed by atoms with van der Waals surface area (Å²) in [6.07, 6.45) is 20.3. The Kier molecular flexibility index (Phi) is 68.9. The van der Waals surface area contributed by atoms with E-state index in [0.29, 0.717) is 38.9 Å². The standard InChI is InChI=1S/C13H13N2O2.C13H14N2O2.C13H12N2O.C13H15NO.C9H10O2.C4H7N.15CH4.Y/c1-14-12(16)9-4-2-5-10(8-9)13(17)15-11-6-3-7-11;1-8-5-6-9(12(14)16)7-11(8)13(17)15-10-3-2-4-10;1-9-5-6-10(8-14)7-12(9)13(16)15-11-3-2-4-11;1-9-6-7-10(2)12(8-9)13(15)14-11-4-3-5-11;1-6-3-4-7(2)8(5-6)9(10)11;5-4-2-1-3-4;;;;;;;;;;;;;;;;/h2,4,6,8H,3,7H2,1H3,(H,14,16)(H,15,17);3,5-7H,2,4H2,1H3,(H2,14,16)(H,15,17);3,5-7H,2,4H2,1H3,(H,15,16);4,6-8H,3,5H2,1-2H3,(H,14,15);3-5H,1-2H3,(H,10,11);2H,1,3,5H2;15*1H4;/q-1;;;;;;;;;;;;;;;;;;;;;. The van der Waals surface area contributed by atoms with E-state index in [1.807, 2.05) is 95.3 Å². The molecule has 1 radical (unpaired) electrons. The minimum atomic E-state index is -0.855. The zero-order chi connectivity index (χ0) is 59.2. The zero-order valence-electron chi connectivity index (χ0n) is 47.6. The van der Waals surface area contributed by atoms with Crippen molar-refractivity contribution in [1.82, 2.24) is 26.6 Å². The van der Waals surface area contributed by atoms with Gasteiger partial charge in [0.2, 0.25) is 11.8 Å². The molecular weight excluding hydrogens is 1290 g/mol. The Bertz CT molecular complexity index is 3420. The third-order valence-electron chi connectivity index (χ3n) is 13.3. The van der Waals surface area contributed by atoms with E-state index in [9.17, 15) is 33.6 Å². The molecule has 0 unspecified atom stereocenters. The Morgan fingerprint density at radius 2 is 0.753 bits per heavy atom. The summed E-state index contributed by atoms with van der Waals surface area (Å²) in [6, 6.07) is 31.0. The van der Waals surface area contributed by atoms with Crippen molar-refractivity contribution < 1.29 is 71.4 Å². The summed E-state index contributed by atoms with van der Waals surface area (Å²) >= 11 is 0. The van der Waals surface area contributed by atoms with Gasteiger partial charge in [0.15, 0.2) is 5.91 Å². The number of amides is 6. The number of nitrogens with two attached hydrogens (primary N) is 2. The summed E-state index contributed by atoms with van der Waals surface area (Å²) in [5.41, 5.74) is 25.0. The number of aryl methyl sites for hydroxylation is 6. The summed E-state index contributed by atoms with van der Waals surface area (Å²) in [6.45, 7) is 11.3. The molecule has 0 aliphatic heterocycles. The number of primary amides is 1. The fourth-order valence-corrected chi connectivity index (χ4v) is 7.56. The van der Waals surface area contributed by atoms with Gasteiger partial charge < -0.3 is 48.0 Å². The van der Waals surface area contributed by atoms with E-state index in [4.69, 9.17) is 21.8 Å². The molecule has 5 aliphatic rings. The molecule has 0 saturated carbocycles. The number of aromatic carboxylic acids is 1. The molecule has 10 N–H and O–H groups in total. The monoisotopic (exact) mass is 1420 g/mol. The van der Waals surface area contributed by atoms with Crippen LogP contribution in [0.2, 0.25) is 0 Å². The van der Waals surface area contributed by atoms with E-state index in [1.165, 1.54) is 18.6 Å². The number of carboxylic acid groups (broad SMARTS) is 1. The van der Waals surface area contributed by atoms with Crippen LogP contribution in [0.5, 0.6) is 0 Å². The summed E-state index contributed by atoms with van der Waals surface area (Å²) in [5, 5.41) is 31.3. The van der Waals surface area contributed by atoms with Gasteiger partial charge >= 0.3 is 5.97 Å². The van der Waals surface area contributed by atoms with Crippen LogP contribution in [-0.4, -0.2) is 53.6 Å².